The van der Waals surface area contributed by atoms with Crippen molar-refractivity contribution in [2.45, 2.75) is 31.7 Å². The van der Waals surface area contributed by atoms with E-state index in [9.17, 15) is 13.2 Å². The van der Waals surface area contributed by atoms with Crippen LogP contribution in [0.5, 0.6) is 0 Å². The van der Waals surface area contributed by atoms with E-state index in [1.807, 2.05) is 0 Å². The van der Waals surface area contributed by atoms with Crippen molar-refractivity contribution in [3.05, 3.63) is 59.0 Å². The molecule has 0 bridgehead atoms. The highest BCUT2D eigenvalue weighted by atomic mass is 35.5. The molecule has 2 N–H and O–H groups in total. The predicted octanol–water partition coefficient (Wildman–Crippen LogP) is 3.24. The lowest BCUT2D eigenvalue weighted by Crippen LogP contribution is -2.30. The van der Waals surface area contributed by atoms with E-state index in [0.29, 0.717) is 21.9 Å². The highest BCUT2D eigenvalue weighted by Crippen LogP contribution is 2.21. The van der Waals surface area contributed by atoms with Crippen molar-refractivity contribution in [1.82, 2.24) is 14.1 Å². The number of fused-ring (bicyclic) bond motifs is 1. The molecule has 7 nitrogen and oxygen atoms in total. The van der Waals surface area contributed by atoms with Gasteiger partial charge in [0.25, 0.3) is 5.91 Å². The van der Waals surface area contributed by atoms with Gasteiger partial charge >= 0.3 is 0 Å². The van der Waals surface area contributed by atoms with Crippen molar-refractivity contribution in [1.29, 1.82) is 0 Å². The molecule has 0 spiro atoms. The molecule has 2 aromatic heterocycles. The van der Waals surface area contributed by atoms with Gasteiger partial charge in [0.05, 0.1) is 9.92 Å². The Kier molecular flexibility index (Phi) is 5.23. The van der Waals surface area contributed by atoms with Crippen molar-refractivity contribution < 1.29 is 13.2 Å². The number of pyridine rings is 1. The fourth-order valence-electron chi connectivity index (χ4n) is 2.61. The minimum absolute atomic E-state index is 0.121. The summed E-state index contributed by atoms with van der Waals surface area (Å²) in [6.07, 6.45) is 3.21. The molecule has 0 aliphatic rings. The summed E-state index contributed by atoms with van der Waals surface area (Å²) in [7, 11) is -3.67. The summed E-state index contributed by atoms with van der Waals surface area (Å²) < 4.78 is 29.1. The van der Waals surface area contributed by atoms with Crippen LogP contribution in [0.1, 0.15) is 29.9 Å². The molecule has 0 atom stereocenters. The highest BCUT2D eigenvalue weighted by Gasteiger charge is 2.19. The number of carbonyl (C=O) groups is 1. The molecule has 0 aliphatic carbocycles. The van der Waals surface area contributed by atoms with Gasteiger partial charge in [-0.15, -0.1) is 0 Å². The van der Waals surface area contributed by atoms with E-state index in [1.165, 1.54) is 6.07 Å². The minimum atomic E-state index is -3.67. The molecule has 1 amide bonds. The molecule has 2 heterocycles. The Bertz CT molecular complexity index is 1120. The number of sulfonamides is 1. The van der Waals surface area contributed by atoms with Gasteiger partial charge in [0, 0.05) is 24.1 Å². The first kappa shape index (κ1) is 19.3. The summed E-state index contributed by atoms with van der Waals surface area (Å²) in [6, 6.07) is 7.88. The number of halogens is 1. The van der Waals surface area contributed by atoms with Crippen molar-refractivity contribution in [2.75, 3.05) is 5.32 Å². The maximum Gasteiger partial charge on any atom is 0.275 e. The third-order valence-electron chi connectivity index (χ3n) is 3.77. The number of aryl methyl sites for hydroxylation is 1. The van der Waals surface area contributed by atoms with Gasteiger partial charge < -0.3 is 9.72 Å². The summed E-state index contributed by atoms with van der Waals surface area (Å²) in [5.41, 5.74) is 1.73. The van der Waals surface area contributed by atoms with Crippen LogP contribution in [0.15, 0.2) is 47.6 Å². The molecule has 0 saturated heterocycles. The van der Waals surface area contributed by atoms with E-state index >= 15 is 0 Å². The zero-order valence-corrected chi connectivity index (χ0v) is 16.6. The number of benzene rings is 1. The number of hydrogen-bond acceptors (Lipinski definition) is 4. The Labute approximate surface area is 162 Å². The van der Waals surface area contributed by atoms with Gasteiger partial charge in [0.2, 0.25) is 10.0 Å². The van der Waals surface area contributed by atoms with Crippen LogP contribution in [0.2, 0.25) is 5.02 Å². The Morgan fingerprint density at radius 3 is 2.63 bits per heavy atom. The molecule has 3 aromatic rings. The number of imidazole rings is 1. The first-order valence-corrected chi connectivity index (χ1v) is 10.1. The number of nitrogens with zero attached hydrogens (tertiary/aromatic N) is 2. The minimum Gasteiger partial charge on any atom is -0.321 e. The molecule has 1 aromatic carbocycles. The second kappa shape index (κ2) is 7.30. The topological polar surface area (TPSA) is 92.6 Å². The van der Waals surface area contributed by atoms with Gasteiger partial charge in [0.15, 0.2) is 0 Å². The standard InChI is InChI=1S/C18H19ClN4O3S/c1-11(2)22-27(25,26)16-8-14(6-4-12(16)3)20-18(24)15-10-23-9-13(19)5-7-17(23)21-15/h4-11,22H,1-3H3,(H,20,24). The summed E-state index contributed by atoms with van der Waals surface area (Å²) in [5, 5.41) is 3.21. The second-order valence-corrected chi connectivity index (χ2v) is 8.57. The average Bonchev–Trinajstić information content (AvgIpc) is 2.98. The first-order chi connectivity index (χ1) is 12.7. The number of rotatable bonds is 5. The van der Waals surface area contributed by atoms with Crippen LogP contribution in [0.25, 0.3) is 5.65 Å². The van der Waals surface area contributed by atoms with Gasteiger partial charge in [-0.2, -0.15) is 0 Å². The smallest absolute Gasteiger partial charge is 0.275 e. The molecule has 0 saturated carbocycles. The van der Waals surface area contributed by atoms with Crippen LogP contribution >= 0.6 is 11.6 Å². The molecular formula is C18H19ClN4O3S. The van der Waals surface area contributed by atoms with Crippen molar-refractivity contribution in [2.24, 2.45) is 0 Å². The first-order valence-electron chi connectivity index (χ1n) is 8.24. The number of nitrogens with one attached hydrogen (secondary N) is 2. The summed E-state index contributed by atoms with van der Waals surface area (Å²) in [6.45, 7) is 5.19. The number of anilines is 1. The summed E-state index contributed by atoms with van der Waals surface area (Å²) in [4.78, 5) is 16.9. The van der Waals surface area contributed by atoms with Crippen LogP contribution in [0.3, 0.4) is 0 Å². The van der Waals surface area contributed by atoms with Crippen LogP contribution < -0.4 is 10.0 Å². The zero-order chi connectivity index (χ0) is 19.8. The third-order valence-corrected chi connectivity index (χ3v) is 5.80. The monoisotopic (exact) mass is 406 g/mol. The molecule has 9 heteroatoms. The van der Waals surface area contributed by atoms with E-state index in [-0.39, 0.29) is 16.6 Å². The fraction of sp³-hybridized carbons (Fsp3) is 0.222. The van der Waals surface area contributed by atoms with E-state index in [0.717, 1.165) is 0 Å². The third kappa shape index (κ3) is 4.29. The lowest BCUT2D eigenvalue weighted by Gasteiger charge is -2.13. The number of amides is 1. The van der Waals surface area contributed by atoms with Crippen LogP contribution in [-0.2, 0) is 10.0 Å². The number of carbonyl (C=O) groups excluding carboxylic acids is 1. The maximum atomic E-state index is 12.5. The van der Waals surface area contributed by atoms with E-state index in [1.54, 1.807) is 61.8 Å². The normalized spacial score (nSPS) is 11.9. The zero-order valence-electron chi connectivity index (χ0n) is 15.0. The number of hydrogen-bond donors (Lipinski definition) is 2. The Morgan fingerprint density at radius 2 is 1.93 bits per heavy atom. The largest absolute Gasteiger partial charge is 0.321 e. The predicted molar refractivity (Wildman–Crippen MR) is 105 cm³/mol. The summed E-state index contributed by atoms with van der Waals surface area (Å²) in [5.74, 6) is -0.446. The Morgan fingerprint density at radius 1 is 1.19 bits per heavy atom. The van der Waals surface area contributed by atoms with E-state index in [2.05, 4.69) is 15.0 Å². The van der Waals surface area contributed by atoms with E-state index < -0.39 is 15.9 Å². The Balaban J connectivity index is 1.88. The molecule has 0 unspecified atom stereocenters. The molecule has 3 rings (SSSR count). The van der Waals surface area contributed by atoms with Gasteiger partial charge in [-0.3, -0.25) is 4.79 Å². The Hall–Kier alpha value is -2.42. The molecule has 0 aliphatic heterocycles. The lowest BCUT2D eigenvalue weighted by molar-refractivity contribution is 0.102. The number of aromatic nitrogens is 2. The maximum absolute atomic E-state index is 12.5. The van der Waals surface area contributed by atoms with Gasteiger partial charge in [-0.25, -0.2) is 18.1 Å². The molecule has 0 fully saturated rings. The molecule has 142 valence electrons. The second-order valence-electron chi connectivity index (χ2n) is 6.45. The van der Waals surface area contributed by atoms with Crippen molar-refractivity contribution >= 4 is 38.9 Å². The molecular weight excluding hydrogens is 388 g/mol. The van der Waals surface area contributed by atoms with E-state index in [4.69, 9.17) is 11.6 Å². The van der Waals surface area contributed by atoms with Gasteiger partial charge in [-0.05, 0) is 50.6 Å². The van der Waals surface area contributed by atoms with Crippen LogP contribution in [0.4, 0.5) is 5.69 Å². The molecule has 27 heavy (non-hydrogen) atoms. The summed E-state index contributed by atoms with van der Waals surface area (Å²) >= 11 is 5.94. The van der Waals surface area contributed by atoms with Crippen molar-refractivity contribution in [3.63, 3.8) is 0 Å². The lowest BCUT2D eigenvalue weighted by atomic mass is 10.2. The SMILES string of the molecule is Cc1ccc(NC(=O)c2cn3cc(Cl)ccc3n2)cc1S(=O)(=O)NC(C)C. The van der Waals surface area contributed by atoms with Crippen LogP contribution in [-0.4, -0.2) is 29.8 Å². The van der Waals surface area contributed by atoms with Gasteiger partial charge in [-0.1, -0.05) is 17.7 Å². The quantitative estimate of drug-likeness (QED) is 0.680. The van der Waals surface area contributed by atoms with Crippen LogP contribution in [0, 0.1) is 6.92 Å². The van der Waals surface area contributed by atoms with Gasteiger partial charge in [0.1, 0.15) is 11.3 Å². The van der Waals surface area contributed by atoms with Crippen molar-refractivity contribution in [3.8, 4) is 0 Å². The average molecular weight is 407 g/mol. The molecule has 0 radical (unpaired) electrons. The highest BCUT2D eigenvalue weighted by molar-refractivity contribution is 7.89. The fourth-order valence-corrected chi connectivity index (χ4v) is 4.30.